The number of pyridine rings is 1. The quantitative estimate of drug-likeness (QED) is 0.912. The van der Waals surface area contributed by atoms with Crippen LogP contribution in [0.15, 0.2) is 47.4 Å². The van der Waals surface area contributed by atoms with Gasteiger partial charge in [-0.3, -0.25) is 4.79 Å². The number of rotatable bonds is 4. The van der Waals surface area contributed by atoms with E-state index in [9.17, 15) is 9.59 Å². The number of carbonyl (C=O) groups is 1. The lowest BCUT2D eigenvalue weighted by Crippen LogP contribution is -2.27. The molecule has 0 saturated carbocycles. The Bertz CT molecular complexity index is 644. The van der Waals surface area contributed by atoms with Gasteiger partial charge < -0.3 is 9.67 Å². The molecule has 2 aromatic rings. The lowest BCUT2D eigenvalue weighted by Gasteiger charge is -2.08. The summed E-state index contributed by atoms with van der Waals surface area (Å²) in [6, 6.07) is 11.4. The number of hydrogen-bond donors (Lipinski definition) is 1. The molecule has 0 aliphatic heterocycles. The summed E-state index contributed by atoms with van der Waals surface area (Å²) in [6.45, 7) is 2.11. The van der Waals surface area contributed by atoms with E-state index in [1.54, 1.807) is 19.2 Å². The van der Waals surface area contributed by atoms with Gasteiger partial charge in [0.1, 0.15) is 5.56 Å². The third-order valence-corrected chi connectivity index (χ3v) is 3.07. The molecule has 1 N–H and O–H groups in total. The van der Waals surface area contributed by atoms with Crippen molar-refractivity contribution in [2.75, 3.05) is 0 Å². The molecule has 2 rings (SSSR count). The van der Waals surface area contributed by atoms with Crippen molar-refractivity contribution in [2.24, 2.45) is 0 Å². The van der Waals surface area contributed by atoms with Crippen LogP contribution in [-0.2, 0) is 13.0 Å². The van der Waals surface area contributed by atoms with Crippen molar-refractivity contribution in [3.05, 3.63) is 69.6 Å². The van der Waals surface area contributed by atoms with Gasteiger partial charge in [0, 0.05) is 12.7 Å². The average Bonchev–Trinajstić information content (AvgIpc) is 2.38. The zero-order valence-corrected chi connectivity index (χ0v) is 10.7. The van der Waals surface area contributed by atoms with E-state index < -0.39 is 11.5 Å². The van der Waals surface area contributed by atoms with E-state index in [4.69, 9.17) is 5.11 Å². The van der Waals surface area contributed by atoms with Gasteiger partial charge in [0.05, 0.1) is 0 Å². The van der Waals surface area contributed by atoms with Crippen LogP contribution in [0.5, 0.6) is 0 Å². The third-order valence-electron chi connectivity index (χ3n) is 3.07. The second-order valence-electron chi connectivity index (χ2n) is 4.41. The normalized spacial score (nSPS) is 10.4. The molecule has 0 fully saturated rings. The Labute approximate surface area is 110 Å². The molecule has 98 valence electrons. The molecular formula is C15H15NO3. The fraction of sp³-hybridized carbons (Fsp3) is 0.200. The number of aromatic nitrogens is 1. The van der Waals surface area contributed by atoms with Crippen molar-refractivity contribution in [1.82, 2.24) is 4.57 Å². The minimum Gasteiger partial charge on any atom is -0.477 e. The molecule has 0 amide bonds. The lowest BCUT2D eigenvalue weighted by atomic mass is 10.1. The van der Waals surface area contributed by atoms with Gasteiger partial charge in [-0.05, 0) is 30.5 Å². The summed E-state index contributed by atoms with van der Waals surface area (Å²) >= 11 is 0. The Balaban J connectivity index is 2.25. The maximum Gasteiger partial charge on any atom is 0.341 e. The zero-order valence-electron chi connectivity index (χ0n) is 10.7. The molecule has 0 saturated heterocycles. The third kappa shape index (κ3) is 2.91. The molecule has 0 radical (unpaired) electrons. The summed E-state index contributed by atoms with van der Waals surface area (Å²) in [5, 5.41) is 9.04. The molecule has 4 heteroatoms. The zero-order chi connectivity index (χ0) is 13.8. The van der Waals surface area contributed by atoms with E-state index in [1.807, 2.05) is 30.3 Å². The maximum atomic E-state index is 12.0. The molecule has 0 aliphatic carbocycles. The van der Waals surface area contributed by atoms with Crippen LogP contribution in [-0.4, -0.2) is 15.6 Å². The van der Waals surface area contributed by atoms with Crippen molar-refractivity contribution in [1.29, 1.82) is 0 Å². The number of aromatic carboxylic acids is 1. The number of benzene rings is 1. The molecule has 0 spiro atoms. The molecular weight excluding hydrogens is 242 g/mol. The van der Waals surface area contributed by atoms with Crippen LogP contribution in [0.25, 0.3) is 0 Å². The van der Waals surface area contributed by atoms with E-state index in [2.05, 4.69) is 0 Å². The smallest absolute Gasteiger partial charge is 0.341 e. The van der Waals surface area contributed by atoms with Gasteiger partial charge in [0.15, 0.2) is 0 Å². The molecule has 19 heavy (non-hydrogen) atoms. The summed E-state index contributed by atoms with van der Waals surface area (Å²) < 4.78 is 1.45. The second-order valence-corrected chi connectivity index (χ2v) is 4.41. The van der Waals surface area contributed by atoms with Crippen molar-refractivity contribution >= 4 is 5.97 Å². The SMILES string of the molecule is Cc1ccn(CCc2ccccc2)c(=O)c1C(=O)O. The topological polar surface area (TPSA) is 59.3 Å². The van der Waals surface area contributed by atoms with Gasteiger partial charge in [-0.1, -0.05) is 30.3 Å². The lowest BCUT2D eigenvalue weighted by molar-refractivity contribution is 0.0693. The number of carboxylic acids is 1. The number of carboxylic acid groups (broad SMARTS) is 1. The first-order chi connectivity index (χ1) is 9.09. The van der Waals surface area contributed by atoms with Crippen molar-refractivity contribution < 1.29 is 9.90 Å². The van der Waals surface area contributed by atoms with Crippen LogP contribution in [0.2, 0.25) is 0 Å². The first kappa shape index (κ1) is 13.1. The number of hydrogen-bond acceptors (Lipinski definition) is 2. The average molecular weight is 257 g/mol. The van der Waals surface area contributed by atoms with Gasteiger partial charge in [0.25, 0.3) is 5.56 Å². The Morgan fingerprint density at radius 2 is 1.89 bits per heavy atom. The Kier molecular flexibility index (Phi) is 3.80. The first-order valence-corrected chi connectivity index (χ1v) is 6.07. The molecule has 0 unspecified atom stereocenters. The summed E-state index contributed by atoms with van der Waals surface area (Å²) in [4.78, 5) is 23.1. The van der Waals surface area contributed by atoms with Crippen molar-refractivity contribution in [3.63, 3.8) is 0 Å². The predicted octanol–water partition coefficient (Wildman–Crippen LogP) is 2.10. The van der Waals surface area contributed by atoms with Gasteiger partial charge in [0.2, 0.25) is 0 Å². The molecule has 0 bridgehead atoms. The highest BCUT2D eigenvalue weighted by atomic mass is 16.4. The van der Waals surface area contributed by atoms with Gasteiger partial charge in [-0.15, -0.1) is 0 Å². The van der Waals surface area contributed by atoms with E-state index in [1.165, 1.54) is 4.57 Å². The Morgan fingerprint density at radius 3 is 2.53 bits per heavy atom. The number of aryl methyl sites for hydroxylation is 3. The van der Waals surface area contributed by atoms with Crippen LogP contribution in [0.4, 0.5) is 0 Å². The van der Waals surface area contributed by atoms with Crippen LogP contribution in [0.3, 0.4) is 0 Å². The molecule has 1 heterocycles. The molecule has 4 nitrogen and oxygen atoms in total. The van der Waals surface area contributed by atoms with E-state index in [-0.39, 0.29) is 5.56 Å². The first-order valence-electron chi connectivity index (χ1n) is 6.07. The second kappa shape index (κ2) is 5.52. The Hall–Kier alpha value is -2.36. The minimum absolute atomic E-state index is 0.143. The van der Waals surface area contributed by atoms with Gasteiger partial charge in [-0.25, -0.2) is 4.79 Å². The monoisotopic (exact) mass is 257 g/mol. The van der Waals surface area contributed by atoms with Crippen LogP contribution >= 0.6 is 0 Å². The van der Waals surface area contributed by atoms with Crippen molar-refractivity contribution in [3.8, 4) is 0 Å². The van der Waals surface area contributed by atoms with Gasteiger partial charge >= 0.3 is 5.97 Å². The molecule has 1 aromatic heterocycles. The largest absolute Gasteiger partial charge is 0.477 e. The van der Waals surface area contributed by atoms with E-state index in [0.29, 0.717) is 18.5 Å². The highest BCUT2D eigenvalue weighted by Gasteiger charge is 2.13. The van der Waals surface area contributed by atoms with Crippen LogP contribution < -0.4 is 5.56 Å². The fourth-order valence-corrected chi connectivity index (χ4v) is 2.00. The summed E-state index contributed by atoms with van der Waals surface area (Å²) in [5.74, 6) is -1.17. The van der Waals surface area contributed by atoms with Gasteiger partial charge in [-0.2, -0.15) is 0 Å². The van der Waals surface area contributed by atoms with Crippen molar-refractivity contribution in [2.45, 2.75) is 19.9 Å². The number of nitrogens with zero attached hydrogens (tertiary/aromatic N) is 1. The summed E-state index contributed by atoms with van der Waals surface area (Å²) in [6.07, 6.45) is 2.34. The van der Waals surface area contributed by atoms with Crippen LogP contribution in [0, 0.1) is 6.92 Å². The predicted molar refractivity (Wildman–Crippen MR) is 72.5 cm³/mol. The highest BCUT2D eigenvalue weighted by Crippen LogP contribution is 2.04. The Morgan fingerprint density at radius 1 is 1.21 bits per heavy atom. The fourth-order valence-electron chi connectivity index (χ4n) is 2.00. The maximum absolute atomic E-state index is 12.0. The molecule has 0 atom stereocenters. The van der Waals surface area contributed by atoms with E-state index >= 15 is 0 Å². The summed E-state index contributed by atoms with van der Waals surface area (Å²) in [7, 11) is 0. The summed E-state index contributed by atoms with van der Waals surface area (Å²) in [5.41, 5.74) is 1.03. The van der Waals surface area contributed by atoms with Crippen LogP contribution in [0.1, 0.15) is 21.5 Å². The molecule has 1 aromatic carbocycles. The minimum atomic E-state index is -1.17. The van der Waals surface area contributed by atoms with E-state index in [0.717, 1.165) is 5.56 Å². The highest BCUT2D eigenvalue weighted by molar-refractivity contribution is 5.88. The molecule has 0 aliphatic rings. The standard InChI is InChI=1S/C15H15NO3/c1-11-7-9-16(14(17)13(11)15(18)19)10-8-12-5-3-2-4-6-12/h2-7,9H,8,10H2,1H3,(H,18,19).